The molecule has 0 aliphatic rings. The third kappa shape index (κ3) is 12.1. The molecule has 13 N–H and O–H groups in total. The minimum absolute atomic E-state index is 0.0237. The van der Waals surface area contributed by atoms with Gasteiger partial charge in [-0.2, -0.15) is 0 Å². The maximum atomic E-state index is 13.0. The van der Waals surface area contributed by atoms with E-state index in [4.69, 9.17) is 22.9 Å². The van der Waals surface area contributed by atoms with E-state index in [1.807, 2.05) is 0 Å². The summed E-state index contributed by atoms with van der Waals surface area (Å²) >= 11 is 0. The van der Waals surface area contributed by atoms with E-state index in [9.17, 15) is 34.2 Å². The molecule has 0 heterocycles. The molecule has 4 unspecified atom stereocenters. The van der Waals surface area contributed by atoms with Gasteiger partial charge in [0, 0.05) is 6.54 Å². The van der Waals surface area contributed by atoms with Gasteiger partial charge >= 0.3 is 5.97 Å². The van der Waals surface area contributed by atoms with Gasteiger partial charge in [-0.3, -0.25) is 24.2 Å². The number of hydrogen-bond acceptors (Lipinski definition) is 8. The number of hydrogen-bond donors (Lipinski definition) is 9. The van der Waals surface area contributed by atoms with Crippen LogP contribution in [0.15, 0.2) is 29.3 Å². The van der Waals surface area contributed by atoms with Gasteiger partial charge in [-0.1, -0.05) is 26.0 Å². The largest absolute Gasteiger partial charge is 0.508 e. The van der Waals surface area contributed by atoms with Gasteiger partial charge in [0.05, 0.1) is 12.5 Å². The van der Waals surface area contributed by atoms with Crippen LogP contribution in [-0.2, 0) is 30.4 Å². The number of benzene rings is 1. The number of carboxylic acids is 1. The molecule has 15 nitrogen and oxygen atoms in total. The molecule has 216 valence electrons. The molecule has 0 spiro atoms. The second-order valence-corrected chi connectivity index (χ2v) is 9.29. The van der Waals surface area contributed by atoms with Gasteiger partial charge in [-0.25, -0.2) is 4.79 Å². The molecule has 39 heavy (non-hydrogen) atoms. The normalized spacial score (nSPS) is 13.8. The van der Waals surface area contributed by atoms with Crippen LogP contribution in [0.5, 0.6) is 5.75 Å². The lowest BCUT2D eigenvalue weighted by Gasteiger charge is -2.26. The van der Waals surface area contributed by atoms with E-state index < -0.39 is 66.1 Å². The Morgan fingerprint density at radius 3 is 2.00 bits per heavy atom. The molecule has 0 aliphatic heterocycles. The summed E-state index contributed by atoms with van der Waals surface area (Å²) in [6.07, 6.45) is -0.201. The van der Waals surface area contributed by atoms with Gasteiger partial charge < -0.3 is 49.1 Å². The topological polar surface area (TPSA) is 278 Å². The highest BCUT2D eigenvalue weighted by molar-refractivity contribution is 5.96. The average Bonchev–Trinajstić information content (AvgIpc) is 2.84. The van der Waals surface area contributed by atoms with Crippen molar-refractivity contribution in [2.45, 2.75) is 63.7 Å². The van der Waals surface area contributed by atoms with Crippen molar-refractivity contribution in [2.24, 2.45) is 33.8 Å². The van der Waals surface area contributed by atoms with Crippen LogP contribution >= 0.6 is 0 Å². The molecule has 1 aromatic rings. The van der Waals surface area contributed by atoms with Crippen LogP contribution in [0.1, 0.15) is 38.7 Å². The summed E-state index contributed by atoms with van der Waals surface area (Å²) < 4.78 is 0. The van der Waals surface area contributed by atoms with Crippen LogP contribution in [0.3, 0.4) is 0 Å². The summed E-state index contributed by atoms with van der Waals surface area (Å²) in [5.74, 6) is -5.18. The molecule has 1 rings (SSSR count). The number of carbonyl (C=O) groups excluding carboxylic acids is 4. The molecule has 15 heteroatoms. The smallest absolute Gasteiger partial charge is 0.326 e. The molecule has 1 aromatic carbocycles. The third-order valence-corrected chi connectivity index (χ3v) is 5.57. The summed E-state index contributed by atoms with van der Waals surface area (Å²) in [6.45, 7) is 3.40. The molecule has 0 aromatic heterocycles. The Morgan fingerprint density at radius 1 is 0.897 bits per heavy atom. The van der Waals surface area contributed by atoms with Crippen LogP contribution in [0.25, 0.3) is 0 Å². The highest BCUT2D eigenvalue weighted by Gasteiger charge is 2.32. The van der Waals surface area contributed by atoms with Crippen molar-refractivity contribution in [1.29, 1.82) is 0 Å². The number of phenols is 1. The Bertz CT molecular complexity index is 1040. The lowest BCUT2D eigenvalue weighted by molar-refractivity contribution is -0.143. The second-order valence-electron chi connectivity index (χ2n) is 9.29. The molecule has 4 amide bonds. The van der Waals surface area contributed by atoms with Crippen molar-refractivity contribution in [3.05, 3.63) is 29.8 Å². The molecule has 4 atom stereocenters. The first-order valence-electron chi connectivity index (χ1n) is 12.2. The quantitative estimate of drug-likeness (QED) is 0.0587. The number of carbonyl (C=O) groups is 5. The maximum Gasteiger partial charge on any atom is 0.326 e. The fourth-order valence-electron chi connectivity index (χ4n) is 3.48. The standard InChI is InChI=1S/C24H38N8O7/c1-12(2)19(22(37)30-16(23(38)39)4-3-9-29-24(27)28)32-21(36)17(11-18(26)34)31-20(35)15(25)10-13-5-7-14(33)8-6-13/h5-8,12,15-17,19,33H,3-4,9-11,25H2,1-2H3,(H2,26,34)(H,30,37)(H,31,35)(H,32,36)(H,38,39)(H4,27,28,29). The average molecular weight is 551 g/mol. The predicted octanol–water partition coefficient (Wildman–Crippen LogP) is -2.61. The van der Waals surface area contributed by atoms with Crippen molar-refractivity contribution >= 4 is 35.6 Å². The minimum Gasteiger partial charge on any atom is -0.508 e. The summed E-state index contributed by atoms with van der Waals surface area (Å²) in [4.78, 5) is 65.6. The minimum atomic E-state index is -1.44. The molecule has 0 bridgehead atoms. The van der Waals surface area contributed by atoms with Crippen LogP contribution in [-0.4, -0.2) is 76.5 Å². The molecule has 0 fully saturated rings. The summed E-state index contributed by atoms with van der Waals surface area (Å²) in [6, 6.07) is 1.000. The maximum absolute atomic E-state index is 13.0. The lowest BCUT2D eigenvalue weighted by Crippen LogP contribution is -2.59. The third-order valence-electron chi connectivity index (χ3n) is 5.57. The predicted molar refractivity (Wildman–Crippen MR) is 142 cm³/mol. The summed E-state index contributed by atoms with van der Waals surface area (Å²) in [5.41, 5.74) is 22.3. The number of nitrogens with one attached hydrogen (secondary N) is 3. The van der Waals surface area contributed by atoms with Crippen LogP contribution in [0, 0.1) is 5.92 Å². The Hall–Kier alpha value is -4.40. The molecule has 0 radical (unpaired) electrons. The van der Waals surface area contributed by atoms with Crippen molar-refractivity contribution in [2.75, 3.05) is 6.54 Å². The molecule has 0 saturated carbocycles. The van der Waals surface area contributed by atoms with E-state index in [2.05, 4.69) is 20.9 Å². The highest BCUT2D eigenvalue weighted by Crippen LogP contribution is 2.11. The SMILES string of the molecule is CC(C)C(NC(=O)C(CC(N)=O)NC(=O)C(N)Cc1ccc(O)cc1)C(=O)NC(CCCN=C(N)N)C(=O)O. The van der Waals surface area contributed by atoms with E-state index in [1.54, 1.807) is 26.0 Å². The first kappa shape index (κ1) is 32.6. The van der Waals surface area contributed by atoms with Gasteiger partial charge in [0.15, 0.2) is 5.96 Å². The Kier molecular flexibility index (Phi) is 13.2. The van der Waals surface area contributed by atoms with E-state index >= 15 is 0 Å². The number of amides is 4. The van der Waals surface area contributed by atoms with Crippen molar-refractivity contribution in [1.82, 2.24) is 16.0 Å². The number of nitrogens with two attached hydrogens (primary N) is 4. The number of carboxylic acid groups (broad SMARTS) is 1. The van der Waals surface area contributed by atoms with Gasteiger partial charge in [0.25, 0.3) is 0 Å². The number of guanidine groups is 1. The molecular formula is C24H38N8O7. The Morgan fingerprint density at radius 2 is 1.49 bits per heavy atom. The number of rotatable bonds is 16. The zero-order chi connectivity index (χ0) is 29.7. The van der Waals surface area contributed by atoms with E-state index in [0.717, 1.165) is 0 Å². The molecule has 0 saturated heterocycles. The monoisotopic (exact) mass is 550 g/mol. The van der Waals surface area contributed by atoms with E-state index in [1.165, 1.54) is 12.1 Å². The molecular weight excluding hydrogens is 512 g/mol. The molecule has 0 aliphatic carbocycles. The number of aliphatic imine (C=N–C) groups is 1. The van der Waals surface area contributed by atoms with Crippen molar-refractivity contribution in [3.63, 3.8) is 0 Å². The second kappa shape index (κ2) is 15.8. The zero-order valence-corrected chi connectivity index (χ0v) is 21.9. The number of nitrogens with zero attached hydrogens (tertiary/aromatic N) is 1. The highest BCUT2D eigenvalue weighted by atomic mass is 16.4. The van der Waals surface area contributed by atoms with Crippen LogP contribution in [0.2, 0.25) is 0 Å². The first-order chi connectivity index (χ1) is 18.2. The number of phenolic OH excluding ortho intramolecular Hbond substituents is 1. The van der Waals surface area contributed by atoms with Gasteiger partial charge in [-0.05, 0) is 42.9 Å². The lowest BCUT2D eigenvalue weighted by atomic mass is 10.0. The number of primary amides is 1. The number of aliphatic carboxylic acids is 1. The zero-order valence-electron chi connectivity index (χ0n) is 21.9. The van der Waals surface area contributed by atoms with Crippen LogP contribution in [0.4, 0.5) is 0 Å². The fraction of sp³-hybridized carbons (Fsp3) is 0.500. The van der Waals surface area contributed by atoms with Crippen molar-refractivity contribution in [3.8, 4) is 5.75 Å². The van der Waals surface area contributed by atoms with Gasteiger partial charge in [0.2, 0.25) is 23.6 Å². The summed E-state index contributed by atoms with van der Waals surface area (Å²) in [5, 5.41) is 26.1. The van der Waals surface area contributed by atoms with Crippen LogP contribution < -0.4 is 38.9 Å². The fourth-order valence-corrected chi connectivity index (χ4v) is 3.48. The first-order valence-corrected chi connectivity index (χ1v) is 12.2. The summed E-state index contributed by atoms with van der Waals surface area (Å²) in [7, 11) is 0. The van der Waals surface area contributed by atoms with Crippen molar-refractivity contribution < 1.29 is 34.2 Å². The number of aromatic hydroxyl groups is 1. The van der Waals surface area contributed by atoms with Gasteiger partial charge in [0.1, 0.15) is 23.9 Å². The van der Waals surface area contributed by atoms with E-state index in [0.29, 0.717) is 5.56 Å². The van der Waals surface area contributed by atoms with Gasteiger partial charge in [-0.15, -0.1) is 0 Å². The Labute approximate surface area is 225 Å². The Balaban J connectivity index is 2.90. The van der Waals surface area contributed by atoms with E-state index in [-0.39, 0.29) is 37.5 Å².